The normalized spacial score (nSPS) is 17.1. The van der Waals surface area contributed by atoms with Crippen molar-refractivity contribution in [3.05, 3.63) is 60.2 Å². The molecule has 2 saturated heterocycles. The molecule has 0 unspecified atom stereocenters. The maximum atomic E-state index is 13.7. The molecule has 2 fully saturated rings. The number of nitrogens with zero attached hydrogens (tertiary/aromatic N) is 3. The van der Waals surface area contributed by atoms with Gasteiger partial charge in [-0.1, -0.05) is 18.2 Å². The molecular weight excluding hydrogens is 426 g/mol. The number of piperidine rings is 2. The minimum atomic E-state index is 0.0113. The van der Waals surface area contributed by atoms with E-state index in [0.717, 1.165) is 66.7 Å². The number of pyridine rings is 1. The molecule has 0 atom stereocenters. The average Bonchev–Trinajstić information content (AvgIpc) is 2.92. The Morgan fingerprint density at radius 1 is 0.882 bits per heavy atom. The fourth-order valence-corrected chi connectivity index (χ4v) is 5.13. The summed E-state index contributed by atoms with van der Waals surface area (Å²) >= 11 is 0. The van der Waals surface area contributed by atoms with E-state index in [1.807, 2.05) is 64.4 Å². The van der Waals surface area contributed by atoms with Crippen LogP contribution in [0.2, 0.25) is 0 Å². The van der Waals surface area contributed by atoms with Gasteiger partial charge in [0, 0.05) is 43.0 Å². The molecule has 6 heteroatoms. The van der Waals surface area contributed by atoms with Gasteiger partial charge in [-0.15, -0.1) is 0 Å². The Balaban J connectivity index is 1.37. The van der Waals surface area contributed by atoms with Gasteiger partial charge in [0.1, 0.15) is 5.75 Å². The third-order valence-electron chi connectivity index (χ3n) is 7.13. The fraction of sp³-hybridized carbons (Fsp3) is 0.393. The molecular formula is C28H31N3O3. The molecule has 0 radical (unpaired) electrons. The molecule has 5 rings (SSSR count). The highest BCUT2D eigenvalue weighted by Gasteiger charge is 2.31. The molecule has 2 aliphatic heterocycles. The minimum absolute atomic E-state index is 0.0113. The van der Waals surface area contributed by atoms with Gasteiger partial charge < -0.3 is 14.5 Å². The number of para-hydroxylation sites is 1. The molecule has 34 heavy (non-hydrogen) atoms. The largest absolute Gasteiger partial charge is 0.497 e. The van der Waals surface area contributed by atoms with Crippen LogP contribution in [0.4, 0.5) is 0 Å². The van der Waals surface area contributed by atoms with Gasteiger partial charge in [-0.3, -0.25) is 9.59 Å². The summed E-state index contributed by atoms with van der Waals surface area (Å²) in [4.78, 5) is 35.3. The first-order chi connectivity index (χ1) is 16.6. The maximum Gasteiger partial charge on any atom is 0.254 e. The number of amides is 2. The Morgan fingerprint density at radius 3 is 2.29 bits per heavy atom. The molecule has 0 aliphatic carbocycles. The summed E-state index contributed by atoms with van der Waals surface area (Å²) in [7, 11) is 1.64. The van der Waals surface area contributed by atoms with Crippen LogP contribution < -0.4 is 4.74 Å². The van der Waals surface area contributed by atoms with E-state index < -0.39 is 0 Å². The molecule has 0 saturated carbocycles. The third-order valence-corrected chi connectivity index (χ3v) is 7.13. The molecule has 1 aromatic heterocycles. The Hall–Kier alpha value is -3.41. The quantitative estimate of drug-likeness (QED) is 0.566. The van der Waals surface area contributed by atoms with E-state index in [-0.39, 0.29) is 17.7 Å². The van der Waals surface area contributed by atoms with Crippen molar-refractivity contribution >= 4 is 22.7 Å². The van der Waals surface area contributed by atoms with Crippen molar-refractivity contribution in [1.82, 2.24) is 14.8 Å². The number of hydrogen-bond donors (Lipinski definition) is 0. The summed E-state index contributed by atoms with van der Waals surface area (Å²) in [6.07, 6.45) is 4.89. The van der Waals surface area contributed by atoms with Crippen LogP contribution in [0.1, 0.15) is 42.5 Å². The Kier molecular flexibility index (Phi) is 6.48. The van der Waals surface area contributed by atoms with Crippen LogP contribution in [0.25, 0.3) is 22.2 Å². The number of hydrogen-bond acceptors (Lipinski definition) is 4. The number of carbonyl (C=O) groups is 2. The van der Waals surface area contributed by atoms with Crippen LogP contribution in [-0.2, 0) is 4.79 Å². The standard InChI is InChI=1S/C28H31N3O3/c1-34-22-11-9-20(10-12-22)26-19-24(23-7-3-4-8-25(23)29-26)28(33)31-17-13-21(14-18-31)27(32)30-15-5-2-6-16-30/h3-4,7-12,19,21H,2,5-6,13-18H2,1H3. The summed E-state index contributed by atoms with van der Waals surface area (Å²) in [5.41, 5.74) is 3.16. The summed E-state index contributed by atoms with van der Waals surface area (Å²) in [5.74, 6) is 1.11. The lowest BCUT2D eigenvalue weighted by Crippen LogP contribution is -2.45. The van der Waals surface area contributed by atoms with Crippen molar-refractivity contribution < 1.29 is 14.3 Å². The second kappa shape index (κ2) is 9.84. The van der Waals surface area contributed by atoms with E-state index in [4.69, 9.17) is 9.72 Å². The smallest absolute Gasteiger partial charge is 0.254 e. The molecule has 3 aromatic rings. The van der Waals surface area contributed by atoms with Gasteiger partial charge in [-0.25, -0.2) is 4.98 Å². The lowest BCUT2D eigenvalue weighted by atomic mass is 9.93. The lowest BCUT2D eigenvalue weighted by Gasteiger charge is -2.35. The fourth-order valence-electron chi connectivity index (χ4n) is 5.13. The molecule has 176 valence electrons. The van der Waals surface area contributed by atoms with Crippen molar-refractivity contribution in [2.45, 2.75) is 32.1 Å². The van der Waals surface area contributed by atoms with Crippen LogP contribution in [0.3, 0.4) is 0 Å². The molecule has 0 bridgehead atoms. The third kappa shape index (κ3) is 4.49. The van der Waals surface area contributed by atoms with Crippen molar-refractivity contribution in [1.29, 1.82) is 0 Å². The molecule has 6 nitrogen and oxygen atoms in total. The summed E-state index contributed by atoms with van der Waals surface area (Å²) < 4.78 is 5.27. The highest BCUT2D eigenvalue weighted by Crippen LogP contribution is 2.29. The highest BCUT2D eigenvalue weighted by atomic mass is 16.5. The Labute approximate surface area is 200 Å². The van der Waals surface area contributed by atoms with Crippen LogP contribution in [0.5, 0.6) is 5.75 Å². The topological polar surface area (TPSA) is 62.7 Å². The second-order valence-corrected chi connectivity index (χ2v) is 9.25. The van der Waals surface area contributed by atoms with Crippen LogP contribution in [0, 0.1) is 5.92 Å². The van der Waals surface area contributed by atoms with E-state index in [9.17, 15) is 9.59 Å². The Morgan fingerprint density at radius 2 is 1.59 bits per heavy atom. The van der Waals surface area contributed by atoms with Crippen molar-refractivity contribution in [2.75, 3.05) is 33.3 Å². The SMILES string of the molecule is COc1ccc(-c2cc(C(=O)N3CCC(C(=O)N4CCCCC4)CC3)c3ccccc3n2)cc1. The van der Waals surface area contributed by atoms with E-state index in [1.54, 1.807) is 7.11 Å². The zero-order chi connectivity index (χ0) is 23.5. The van der Waals surface area contributed by atoms with Crippen molar-refractivity contribution in [3.63, 3.8) is 0 Å². The predicted molar refractivity (Wildman–Crippen MR) is 133 cm³/mol. The van der Waals surface area contributed by atoms with Gasteiger partial charge in [-0.05, 0) is 68.5 Å². The second-order valence-electron chi connectivity index (χ2n) is 9.25. The number of benzene rings is 2. The summed E-state index contributed by atoms with van der Waals surface area (Å²) in [6, 6.07) is 17.4. The summed E-state index contributed by atoms with van der Waals surface area (Å²) in [5, 5.41) is 0.858. The lowest BCUT2D eigenvalue weighted by molar-refractivity contribution is -0.137. The van der Waals surface area contributed by atoms with Gasteiger partial charge in [-0.2, -0.15) is 0 Å². The molecule has 3 heterocycles. The molecule has 0 spiro atoms. The van der Waals surface area contributed by atoms with Gasteiger partial charge in [0.15, 0.2) is 0 Å². The number of likely N-dealkylation sites (tertiary alicyclic amines) is 2. The predicted octanol–water partition coefficient (Wildman–Crippen LogP) is 4.78. The number of carbonyl (C=O) groups excluding carboxylic acids is 2. The van der Waals surface area contributed by atoms with Crippen LogP contribution in [-0.4, -0.2) is 59.9 Å². The van der Waals surface area contributed by atoms with Gasteiger partial charge in [0.25, 0.3) is 5.91 Å². The van der Waals surface area contributed by atoms with Crippen molar-refractivity contribution in [3.8, 4) is 17.0 Å². The average molecular weight is 458 g/mol. The molecule has 2 aliphatic rings. The summed E-state index contributed by atoms with van der Waals surface area (Å²) in [6.45, 7) is 2.99. The monoisotopic (exact) mass is 457 g/mol. The van der Waals surface area contributed by atoms with Crippen LogP contribution >= 0.6 is 0 Å². The van der Waals surface area contributed by atoms with E-state index in [1.165, 1.54) is 6.42 Å². The first kappa shape index (κ1) is 22.4. The van der Waals surface area contributed by atoms with E-state index in [2.05, 4.69) is 0 Å². The first-order valence-corrected chi connectivity index (χ1v) is 12.3. The number of methoxy groups -OCH3 is 1. The van der Waals surface area contributed by atoms with Gasteiger partial charge in [0.2, 0.25) is 5.91 Å². The van der Waals surface area contributed by atoms with Gasteiger partial charge in [0.05, 0.1) is 23.9 Å². The maximum absolute atomic E-state index is 13.7. The highest BCUT2D eigenvalue weighted by molar-refractivity contribution is 6.07. The number of ether oxygens (including phenoxy) is 1. The zero-order valence-electron chi connectivity index (χ0n) is 19.7. The van der Waals surface area contributed by atoms with E-state index >= 15 is 0 Å². The zero-order valence-corrected chi connectivity index (χ0v) is 19.7. The van der Waals surface area contributed by atoms with E-state index in [0.29, 0.717) is 18.7 Å². The van der Waals surface area contributed by atoms with Crippen molar-refractivity contribution in [2.24, 2.45) is 5.92 Å². The van der Waals surface area contributed by atoms with Gasteiger partial charge >= 0.3 is 0 Å². The molecule has 2 aromatic carbocycles. The number of fused-ring (bicyclic) bond motifs is 1. The number of aromatic nitrogens is 1. The molecule has 2 amide bonds. The minimum Gasteiger partial charge on any atom is -0.497 e. The Bertz CT molecular complexity index is 1180. The number of rotatable bonds is 4. The molecule has 0 N–H and O–H groups in total. The van der Waals surface area contributed by atoms with Crippen LogP contribution in [0.15, 0.2) is 54.6 Å². The first-order valence-electron chi connectivity index (χ1n) is 12.3.